The molecule has 0 unspecified atom stereocenters. The van der Waals surface area contributed by atoms with Gasteiger partial charge in [-0.2, -0.15) is 0 Å². The van der Waals surface area contributed by atoms with Crippen molar-refractivity contribution in [3.8, 4) is 28.5 Å². The van der Waals surface area contributed by atoms with Gasteiger partial charge in [-0.25, -0.2) is 0 Å². The van der Waals surface area contributed by atoms with Gasteiger partial charge in [-0.1, -0.05) is 30.3 Å². The number of aromatic nitrogens is 4. The molecule has 0 aliphatic heterocycles. The molecule has 5 heterocycles. The largest absolute Gasteiger partial charge is 1.00 e. The topological polar surface area (TPSA) is 93.0 Å². The van der Waals surface area contributed by atoms with Crippen molar-refractivity contribution in [2.45, 2.75) is 6.92 Å². The monoisotopic (exact) mass is 554 g/mol. The number of hydrogen-bond acceptors (Lipinski definition) is 6. The Kier molecular flexibility index (Phi) is 11.0. The molecule has 0 fully saturated rings. The first kappa shape index (κ1) is 27.1. The van der Waals surface area contributed by atoms with E-state index >= 15 is 0 Å². The van der Waals surface area contributed by atoms with Crippen molar-refractivity contribution in [2.24, 2.45) is 0 Å². The van der Waals surface area contributed by atoms with Crippen LogP contribution in [0, 0.1) is 14.0 Å². The van der Waals surface area contributed by atoms with Crippen LogP contribution in [0.3, 0.4) is 0 Å². The average Bonchev–Trinajstić information content (AvgIpc) is 2.90. The third-order valence-corrected chi connectivity index (χ3v) is 4.49. The number of nitrogens with zero attached hydrogens (tertiary/aromatic N) is 4. The van der Waals surface area contributed by atoms with Gasteiger partial charge in [-0.05, 0) is 49.4 Å². The molecule has 0 aromatic carbocycles. The normalized spacial score (nSPS) is 9.40. The zero-order chi connectivity index (χ0) is 24.2. The smallest absolute Gasteiger partial charge is 0.502 e. The fourth-order valence-electron chi connectivity index (χ4n) is 2.76. The third-order valence-electron chi connectivity index (χ3n) is 4.49. The van der Waals surface area contributed by atoms with E-state index < -0.39 is 5.43 Å². The van der Waals surface area contributed by atoms with E-state index in [4.69, 9.17) is 5.11 Å². The molecule has 0 saturated carbocycles. The third kappa shape index (κ3) is 8.29. The summed E-state index contributed by atoms with van der Waals surface area (Å²) in [6.45, 7) is 1.52. The first-order valence-corrected chi connectivity index (χ1v) is 10.4. The second-order valence-electron chi connectivity index (χ2n) is 6.89. The average molecular weight is 554 g/mol. The summed E-state index contributed by atoms with van der Waals surface area (Å²) in [7, 11) is 3.87. The summed E-state index contributed by atoms with van der Waals surface area (Å²) in [6.07, 6.45) is 8.47. The molecule has 5 aromatic rings. The Morgan fingerprint density at radius 1 is 0.771 bits per heavy atom. The molecule has 0 aliphatic carbocycles. The Balaban J connectivity index is 0.000000186. The van der Waals surface area contributed by atoms with E-state index in [1.165, 1.54) is 19.3 Å². The summed E-state index contributed by atoms with van der Waals surface area (Å²) in [5.74, 6) is -0.0556. The van der Waals surface area contributed by atoms with Crippen LogP contribution in [0.25, 0.3) is 22.8 Å². The van der Waals surface area contributed by atoms with E-state index in [0.29, 0.717) is 0 Å². The van der Waals surface area contributed by atoms with E-state index in [-0.39, 0.29) is 31.0 Å². The van der Waals surface area contributed by atoms with Crippen LogP contribution >= 0.6 is 0 Å². The molecule has 7 nitrogen and oxygen atoms in total. The summed E-state index contributed by atoms with van der Waals surface area (Å²) in [6, 6.07) is 24.5. The van der Waals surface area contributed by atoms with Crippen LogP contribution in [-0.4, -0.2) is 20.1 Å². The number of aromatic hydroxyl groups is 1. The maximum atomic E-state index is 10.5. The van der Waals surface area contributed by atoms with E-state index in [9.17, 15) is 4.79 Å². The van der Waals surface area contributed by atoms with Crippen molar-refractivity contribution in [2.75, 3.05) is 0 Å². The van der Waals surface area contributed by atoms with Gasteiger partial charge in [-0.3, -0.25) is 19.7 Å². The Morgan fingerprint density at radius 2 is 1.29 bits per heavy atom. The summed E-state index contributed by atoms with van der Waals surface area (Å²) < 4.78 is 6.50. The van der Waals surface area contributed by atoms with Crippen molar-refractivity contribution in [3.63, 3.8) is 0 Å². The van der Waals surface area contributed by atoms with Gasteiger partial charge in [-0.15, -0.1) is 0 Å². The fourth-order valence-corrected chi connectivity index (χ4v) is 2.76. The summed E-state index contributed by atoms with van der Waals surface area (Å²) >= 11 is 0. The molecule has 0 bridgehead atoms. The van der Waals surface area contributed by atoms with Crippen LogP contribution < -0.4 is 10.00 Å². The minimum atomic E-state index is -0.404. The molecule has 177 valence electrons. The number of rotatable bonds is 2. The first-order valence-electron chi connectivity index (χ1n) is 10.4. The SMILES string of the molecule is Cc1occc(=O)c1O.[CH2-][n+]1ccccc1-c1ccccn1.[Ru+].c1ccc(-c2ccccn2)nc1. The van der Waals surface area contributed by atoms with Crippen LogP contribution in [0.2, 0.25) is 0 Å². The van der Waals surface area contributed by atoms with Gasteiger partial charge in [0.15, 0.2) is 0 Å². The maximum Gasteiger partial charge on any atom is 1.00 e. The molecule has 1 N–H and O–H groups in total. The van der Waals surface area contributed by atoms with Gasteiger partial charge in [0.25, 0.3) is 0 Å². The second kappa shape index (κ2) is 14.2. The fraction of sp³-hybridized carbons (Fsp3) is 0.0370. The molecule has 8 heteroatoms. The van der Waals surface area contributed by atoms with Gasteiger partial charge >= 0.3 is 19.5 Å². The van der Waals surface area contributed by atoms with Crippen molar-refractivity contribution in [1.29, 1.82) is 0 Å². The van der Waals surface area contributed by atoms with Gasteiger partial charge < -0.3 is 14.1 Å². The minimum absolute atomic E-state index is 0. The van der Waals surface area contributed by atoms with Gasteiger partial charge in [0.1, 0.15) is 11.5 Å². The number of aryl methyl sites for hydroxylation is 1. The standard InChI is InChI=1S/C11H10N2.C10H8N2.C6H6O3.Ru/c1-13-9-5-3-7-11(13)10-6-2-4-8-12-10;1-3-7-11-9(5-1)10-6-2-4-8-12-10;1-4-6(8)5(7)2-3-9-4;/h2-9H,1H2;1-8H;2-3,8H,1H3;/q;;;+1. The van der Waals surface area contributed by atoms with Gasteiger partial charge in [0, 0.05) is 31.7 Å². The Hall–Kier alpha value is -4.16. The zero-order valence-corrected chi connectivity index (χ0v) is 20.7. The molecule has 35 heavy (non-hydrogen) atoms. The minimum Gasteiger partial charge on any atom is -0.502 e. The molecule has 0 amide bonds. The Labute approximate surface area is 216 Å². The van der Waals surface area contributed by atoms with Crippen LogP contribution in [0.5, 0.6) is 5.75 Å². The van der Waals surface area contributed by atoms with Crippen molar-refractivity contribution in [1.82, 2.24) is 15.0 Å². The molecule has 0 aliphatic rings. The van der Waals surface area contributed by atoms with Gasteiger partial charge in [0.2, 0.25) is 11.2 Å². The predicted octanol–water partition coefficient (Wildman–Crippen LogP) is 4.47. The molecular weight excluding hydrogens is 529 g/mol. The molecule has 0 saturated heterocycles. The summed E-state index contributed by atoms with van der Waals surface area (Å²) in [5, 5.41) is 8.80. The molecule has 0 spiro atoms. The second-order valence-corrected chi connectivity index (χ2v) is 6.89. The predicted molar refractivity (Wildman–Crippen MR) is 129 cm³/mol. The summed E-state index contributed by atoms with van der Waals surface area (Å²) in [5.41, 5.74) is 3.39. The molecule has 1 radical (unpaired) electrons. The number of pyridine rings is 4. The zero-order valence-electron chi connectivity index (χ0n) is 19.0. The van der Waals surface area contributed by atoms with Gasteiger partial charge in [0.05, 0.1) is 29.5 Å². The van der Waals surface area contributed by atoms with E-state index in [1.807, 2.05) is 83.6 Å². The summed E-state index contributed by atoms with van der Waals surface area (Å²) in [4.78, 5) is 23.2. The van der Waals surface area contributed by atoms with Crippen LogP contribution in [0.1, 0.15) is 5.76 Å². The van der Waals surface area contributed by atoms with E-state index in [1.54, 1.807) is 18.6 Å². The maximum absolute atomic E-state index is 10.5. The van der Waals surface area contributed by atoms with Crippen LogP contribution in [-0.2, 0) is 19.5 Å². The van der Waals surface area contributed by atoms with Crippen LogP contribution in [0.4, 0.5) is 0 Å². The quantitative estimate of drug-likeness (QED) is 0.197. The van der Waals surface area contributed by atoms with Crippen molar-refractivity contribution in [3.05, 3.63) is 133 Å². The molecular formula is C27H24N4O3Ru+. The Bertz CT molecular complexity index is 1310. The van der Waals surface area contributed by atoms with E-state index in [0.717, 1.165) is 22.8 Å². The molecule has 5 rings (SSSR count). The first-order chi connectivity index (χ1) is 16.6. The van der Waals surface area contributed by atoms with Crippen molar-refractivity contribution >= 4 is 0 Å². The van der Waals surface area contributed by atoms with E-state index in [2.05, 4.69) is 26.4 Å². The molecule has 0 atom stereocenters. The number of hydrogen-bond donors (Lipinski definition) is 1. The molecule has 5 aromatic heterocycles. The Morgan fingerprint density at radius 3 is 1.71 bits per heavy atom. The van der Waals surface area contributed by atoms with Crippen LogP contribution in [0.15, 0.2) is 119 Å². The van der Waals surface area contributed by atoms with Crippen molar-refractivity contribution < 1.29 is 33.6 Å².